The Bertz CT molecular complexity index is 851. The summed E-state index contributed by atoms with van der Waals surface area (Å²) in [6, 6.07) is 7.28. The lowest BCUT2D eigenvalue weighted by Crippen LogP contribution is -2.42. The second-order valence-electron chi connectivity index (χ2n) is 6.14. The summed E-state index contributed by atoms with van der Waals surface area (Å²) in [4.78, 5) is 10.7. The number of carboxylic acid groups (broad SMARTS) is 1. The van der Waals surface area contributed by atoms with E-state index in [0.717, 1.165) is 6.07 Å². The van der Waals surface area contributed by atoms with Gasteiger partial charge in [0.05, 0.1) is 18.2 Å². The highest BCUT2D eigenvalue weighted by Gasteiger charge is 2.24. The van der Waals surface area contributed by atoms with Crippen LogP contribution < -0.4 is 10.4 Å². The Hall–Kier alpha value is -2.29. The molecule has 0 aliphatic carbocycles. The number of rotatable bonds is 9. The molecule has 0 fully saturated rings. The zero-order valence-corrected chi connectivity index (χ0v) is 15.8. The molecule has 5 nitrogen and oxygen atoms in total. The monoisotopic (exact) mass is 416 g/mol. The summed E-state index contributed by atoms with van der Waals surface area (Å²) in [7, 11) is 0. The SMILES string of the molecule is CCCN(NC[C@H](O)c1cccc(Cl)c1)c1cc(F)c(CC(=O)O)c(F)c1F. The van der Waals surface area contributed by atoms with Crippen molar-refractivity contribution in [2.45, 2.75) is 25.9 Å². The van der Waals surface area contributed by atoms with Gasteiger partial charge < -0.3 is 15.2 Å². The maximum Gasteiger partial charge on any atom is 0.308 e. The first-order valence-corrected chi connectivity index (χ1v) is 8.95. The third kappa shape index (κ3) is 5.37. The van der Waals surface area contributed by atoms with Gasteiger partial charge in [0, 0.05) is 29.7 Å². The highest BCUT2D eigenvalue weighted by molar-refractivity contribution is 6.30. The molecule has 0 saturated heterocycles. The predicted octanol–water partition coefficient (Wildman–Crippen LogP) is 3.84. The molecule has 0 bridgehead atoms. The molecule has 0 heterocycles. The van der Waals surface area contributed by atoms with Gasteiger partial charge in [-0.05, 0) is 24.1 Å². The number of nitrogens with zero attached hydrogens (tertiary/aromatic N) is 1. The van der Waals surface area contributed by atoms with Crippen LogP contribution in [0.5, 0.6) is 0 Å². The average molecular weight is 417 g/mol. The molecule has 3 N–H and O–H groups in total. The molecular weight excluding hydrogens is 397 g/mol. The number of carbonyl (C=O) groups is 1. The molecule has 9 heteroatoms. The van der Waals surface area contributed by atoms with Crippen LogP contribution in [-0.2, 0) is 11.2 Å². The largest absolute Gasteiger partial charge is 0.481 e. The number of aliphatic hydroxyl groups excluding tert-OH is 1. The molecule has 28 heavy (non-hydrogen) atoms. The highest BCUT2D eigenvalue weighted by atomic mass is 35.5. The van der Waals surface area contributed by atoms with Crippen molar-refractivity contribution in [3.8, 4) is 0 Å². The van der Waals surface area contributed by atoms with Crippen molar-refractivity contribution in [2.24, 2.45) is 0 Å². The van der Waals surface area contributed by atoms with E-state index in [9.17, 15) is 23.1 Å². The molecule has 0 radical (unpaired) electrons. The Morgan fingerprint density at radius 2 is 1.96 bits per heavy atom. The first kappa shape index (κ1) is 22.0. The molecule has 1 atom stereocenters. The number of aliphatic hydroxyl groups is 1. The highest BCUT2D eigenvalue weighted by Crippen LogP contribution is 2.27. The molecule has 152 valence electrons. The minimum Gasteiger partial charge on any atom is -0.481 e. The van der Waals surface area contributed by atoms with Crippen LogP contribution in [0.15, 0.2) is 30.3 Å². The first-order chi connectivity index (χ1) is 13.2. The van der Waals surface area contributed by atoms with E-state index in [1.165, 1.54) is 5.01 Å². The normalized spacial score (nSPS) is 12.1. The van der Waals surface area contributed by atoms with Gasteiger partial charge >= 0.3 is 5.97 Å². The van der Waals surface area contributed by atoms with Crippen LogP contribution in [0.1, 0.15) is 30.6 Å². The third-order valence-electron chi connectivity index (χ3n) is 4.01. The number of aliphatic carboxylic acids is 1. The van der Waals surface area contributed by atoms with Gasteiger partial charge in [-0.1, -0.05) is 30.7 Å². The summed E-state index contributed by atoms with van der Waals surface area (Å²) in [5.74, 6) is -5.54. The van der Waals surface area contributed by atoms with Gasteiger partial charge in [-0.25, -0.2) is 18.6 Å². The molecule has 0 aliphatic rings. The van der Waals surface area contributed by atoms with Crippen LogP contribution >= 0.6 is 11.6 Å². The number of anilines is 1. The van der Waals surface area contributed by atoms with E-state index in [1.54, 1.807) is 31.2 Å². The van der Waals surface area contributed by atoms with E-state index >= 15 is 0 Å². The lowest BCUT2D eigenvalue weighted by molar-refractivity contribution is -0.136. The van der Waals surface area contributed by atoms with Crippen molar-refractivity contribution in [1.29, 1.82) is 0 Å². The van der Waals surface area contributed by atoms with Crippen LogP contribution in [0.4, 0.5) is 18.9 Å². The lowest BCUT2D eigenvalue weighted by atomic mass is 10.1. The van der Waals surface area contributed by atoms with Crippen LogP contribution in [0.3, 0.4) is 0 Å². The molecule has 2 aromatic carbocycles. The number of hydrazine groups is 1. The van der Waals surface area contributed by atoms with Crippen LogP contribution in [0, 0.1) is 17.5 Å². The number of benzene rings is 2. The van der Waals surface area contributed by atoms with Crippen molar-refractivity contribution < 1.29 is 28.2 Å². The van der Waals surface area contributed by atoms with E-state index in [2.05, 4.69) is 5.43 Å². The quantitative estimate of drug-likeness (QED) is 0.428. The van der Waals surface area contributed by atoms with Crippen molar-refractivity contribution in [1.82, 2.24) is 5.43 Å². The molecular formula is C19H20ClF3N2O3. The number of halogens is 4. The third-order valence-corrected chi connectivity index (χ3v) is 4.24. The van der Waals surface area contributed by atoms with E-state index in [-0.39, 0.29) is 13.1 Å². The Morgan fingerprint density at radius 3 is 2.57 bits per heavy atom. The van der Waals surface area contributed by atoms with Gasteiger partial charge in [-0.15, -0.1) is 0 Å². The van der Waals surface area contributed by atoms with Gasteiger partial charge in [0.1, 0.15) is 5.82 Å². The molecule has 0 aromatic heterocycles. The fourth-order valence-electron chi connectivity index (χ4n) is 2.67. The van der Waals surface area contributed by atoms with E-state index in [4.69, 9.17) is 16.7 Å². The molecule has 0 amide bonds. The molecule has 0 unspecified atom stereocenters. The summed E-state index contributed by atoms with van der Waals surface area (Å²) in [5.41, 5.74) is 2.02. The number of hydrogen-bond acceptors (Lipinski definition) is 4. The minimum atomic E-state index is -1.55. The van der Waals surface area contributed by atoms with E-state index in [1.807, 2.05) is 0 Å². The second kappa shape index (κ2) is 9.77. The van der Waals surface area contributed by atoms with Crippen molar-refractivity contribution in [3.05, 3.63) is 63.9 Å². The van der Waals surface area contributed by atoms with Crippen LogP contribution in [-0.4, -0.2) is 29.3 Å². The van der Waals surface area contributed by atoms with E-state index < -0.39 is 47.2 Å². The molecule has 0 saturated carbocycles. The van der Waals surface area contributed by atoms with E-state index in [0.29, 0.717) is 17.0 Å². The maximum absolute atomic E-state index is 14.5. The molecule has 0 aliphatic heterocycles. The van der Waals surface area contributed by atoms with Gasteiger partial charge in [0.25, 0.3) is 0 Å². The van der Waals surface area contributed by atoms with Gasteiger partial charge in [-0.2, -0.15) is 0 Å². The second-order valence-corrected chi connectivity index (χ2v) is 6.58. The number of nitrogens with one attached hydrogen (secondary N) is 1. The fraction of sp³-hybridized carbons (Fsp3) is 0.316. The van der Waals surface area contributed by atoms with Crippen molar-refractivity contribution in [3.63, 3.8) is 0 Å². The fourth-order valence-corrected chi connectivity index (χ4v) is 2.87. The standard InChI is InChI=1S/C19H20ClF3N2O3/c1-2-6-25(24-10-16(26)11-4-3-5-12(20)7-11)15-9-14(21)13(8-17(27)28)18(22)19(15)23/h3-5,7,9,16,24,26H,2,6,8,10H2,1H3,(H,27,28)/t16-/m0/s1. The summed E-state index contributed by atoms with van der Waals surface area (Å²) in [6.07, 6.45) is -1.45. The molecule has 0 spiro atoms. The van der Waals surface area contributed by atoms with Crippen LogP contribution in [0.2, 0.25) is 5.02 Å². The van der Waals surface area contributed by atoms with Crippen LogP contribution in [0.25, 0.3) is 0 Å². The summed E-state index contributed by atoms with van der Waals surface area (Å²) >= 11 is 5.89. The minimum absolute atomic E-state index is 0.0695. The zero-order valence-electron chi connectivity index (χ0n) is 15.1. The Morgan fingerprint density at radius 1 is 1.25 bits per heavy atom. The van der Waals surface area contributed by atoms with Gasteiger partial charge in [-0.3, -0.25) is 4.79 Å². The average Bonchev–Trinajstić information content (AvgIpc) is 2.65. The van der Waals surface area contributed by atoms with Crippen molar-refractivity contribution in [2.75, 3.05) is 18.1 Å². The van der Waals surface area contributed by atoms with Gasteiger partial charge in [0.2, 0.25) is 0 Å². The predicted molar refractivity (Wildman–Crippen MR) is 99.7 cm³/mol. The van der Waals surface area contributed by atoms with Gasteiger partial charge in [0.15, 0.2) is 11.6 Å². The lowest BCUT2D eigenvalue weighted by Gasteiger charge is -2.27. The summed E-state index contributed by atoms with van der Waals surface area (Å²) < 4.78 is 42.8. The maximum atomic E-state index is 14.5. The smallest absolute Gasteiger partial charge is 0.308 e. The zero-order chi connectivity index (χ0) is 20.8. The summed E-state index contributed by atoms with van der Waals surface area (Å²) in [5, 5.41) is 20.6. The summed E-state index contributed by atoms with van der Waals surface area (Å²) in [6.45, 7) is 1.90. The van der Waals surface area contributed by atoms with Crippen molar-refractivity contribution >= 4 is 23.3 Å². The number of hydrogen-bond donors (Lipinski definition) is 3. The Balaban J connectivity index is 2.24. The Kier molecular flexibility index (Phi) is 7.68. The topological polar surface area (TPSA) is 72.8 Å². The number of carboxylic acids is 1. The Labute approximate surface area is 165 Å². The first-order valence-electron chi connectivity index (χ1n) is 8.57. The molecule has 2 rings (SSSR count). The molecule has 2 aromatic rings.